The summed E-state index contributed by atoms with van der Waals surface area (Å²) in [6.45, 7) is 3.82. The summed E-state index contributed by atoms with van der Waals surface area (Å²) in [4.78, 5) is 15.7. The Morgan fingerprint density at radius 2 is 2.04 bits per heavy atom. The van der Waals surface area contributed by atoms with E-state index in [1.54, 1.807) is 37.4 Å². The Morgan fingerprint density at radius 3 is 2.68 bits per heavy atom. The smallest absolute Gasteiger partial charge is 0.335 e. The van der Waals surface area contributed by atoms with Gasteiger partial charge in [0.25, 0.3) is 0 Å². The molecule has 0 spiro atoms. The van der Waals surface area contributed by atoms with Gasteiger partial charge in [-0.05, 0) is 80.3 Å². The van der Waals surface area contributed by atoms with Crippen molar-refractivity contribution in [1.82, 2.24) is 4.98 Å². The highest BCUT2D eigenvalue weighted by Crippen LogP contribution is 2.59. The Kier molecular flexibility index (Phi) is 4.36. The highest BCUT2D eigenvalue weighted by molar-refractivity contribution is 5.88. The fourth-order valence-corrected chi connectivity index (χ4v) is 5.71. The molecule has 2 aliphatic rings. The number of aliphatic hydroxyl groups is 2. The highest BCUT2D eigenvalue weighted by atomic mass is 16.4. The number of benzene rings is 1. The van der Waals surface area contributed by atoms with Crippen LogP contribution in [0.25, 0.3) is 0 Å². The van der Waals surface area contributed by atoms with Crippen molar-refractivity contribution in [3.05, 3.63) is 65.0 Å². The maximum absolute atomic E-state index is 11.6. The van der Waals surface area contributed by atoms with Crippen molar-refractivity contribution in [1.29, 1.82) is 0 Å². The standard InChI is InChI=1S/C23H27NO4/c1-3-22-14-21(2,27)23(28,19-6-4-5-11-24-19)13-17(22)9-7-15-12-16(20(25)26)8-10-18(15)22/h4-6,8,10-12,17,27-28H,3,7,9,13-14H2,1-2H3,(H,25,26)/t17-,21?,22?,23?/m1/s1. The van der Waals surface area contributed by atoms with Crippen molar-refractivity contribution in [2.24, 2.45) is 5.92 Å². The zero-order valence-electron chi connectivity index (χ0n) is 16.4. The summed E-state index contributed by atoms with van der Waals surface area (Å²) in [6.07, 6.45) is 4.96. The third-order valence-electron chi connectivity index (χ3n) is 7.24. The molecule has 1 saturated carbocycles. The van der Waals surface area contributed by atoms with E-state index in [4.69, 9.17) is 0 Å². The molecule has 1 fully saturated rings. The molecule has 28 heavy (non-hydrogen) atoms. The summed E-state index contributed by atoms with van der Waals surface area (Å²) >= 11 is 0. The number of hydrogen-bond donors (Lipinski definition) is 3. The lowest BCUT2D eigenvalue weighted by Crippen LogP contribution is -2.62. The monoisotopic (exact) mass is 381 g/mol. The molecule has 0 radical (unpaired) electrons. The highest BCUT2D eigenvalue weighted by Gasteiger charge is 2.61. The fourth-order valence-electron chi connectivity index (χ4n) is 5.71. The Hall–Kier alpha value is -2.24. The first-order valence-electron chi connectivity index (χ1n) is 9.96. The predicted octanol–water partition coefficient (Wildman–Crippen LogP) is 3.42. The molecule has 4 atom stereocenters. The van der Waals surface area contributed by atoms with E-state index in [1.807, 2.05) is 12.1 Å². The van der Waals surface area contributed by atoms with E-state index in [-0.39, 0.29) is 11.3 Å². The second-order valence-electron chi connectivity index (χ2n) is 8.65. The molecule has 5 heteroatoms. The van der Waals surface area contributed by atoms with Crippen LogP contribution in [-0.2, 0) is 17.4 Å². The van der Waals surface area contributed by atoms with E-state index in [0.29, 0.717) is 24.1 Å². The number of nitrogens with zero attached hydrogens (tertiary/aromatic N) is 1. The number of aromatic nitrogens is 1. The first kappa shape index (κ1) is 19.1. The summed E-state index contributed by atoms with van der Waals surface area (Å²) in [5.74, 6) is -0.733. The number of carboxylic acid groups (broad SMARTS) is 1. The van der Waals surface area contributed by atoms with E-state index < -0.39 is 17.2 Å². The number of hydrogen-bond acceptors (Lipinski definition) is 4. The van der Waals surface area contributed by atoms with Gasteiger partial charge in [-0.2, -0.15) is 0 Å². The lowest BCUT2D eigenvalue weighted by Gasteiger charge is -2.58. The number of fused-ring (bicyclic) bond motifs is 3. The minimum Gasteiger partial charge on any atom is -0.478 e. The Morgan fingerprint density at radius 1 is 1.25 bits per heavy atom. The van der Waals surface area contributed by atoms with Crippen LogP contribution in [-0.4, -0.2) is 31.9 Å². The summed E-state index contributed by atoms with van der Waals surface area (Å²) in [6, 6.07) is 10.8. The number of aryl methyl sites for hydroxylation is 1. The van der Waals surface area contributed by atoms with Crippen LogP contribution in [0.15, 0.2) is 42.6 Å². The van der Waals surface area contributed by atoms with Gasteiger partial charge < -0.3 is 15.3 Å². The van der Waals surface area contributed by atoms with E-state index in [2.05, 4.69) is 11.9 Å². The maximum atomic E-state index is 11.6. The van der Waals surface area contributed by atoms with Gasteiger partial charge in [-0.1, -0.05) is 19.1 Å². The van der Waals surface area contributed by atoms with Gasteiger partial charge in [0.05, 0.1) is 16.9 Å². The first-order valence-corrected chi connectivity index (χ1v) is 9.96. The molecule has 1 heterocycles. The molecule has 1 aromatic heterocycles. The van der Waals surface area contributed by atoms with Crippen molar-refractivity contribution in [2.45, 2.75) is 62.6 Å². The molecule has 5 nitrogen and oxygen atoms in total. The third-order valence-corrected chi connectivity index (χ3v) is 7.24. The van der Waals surface area contributed by atoms with Gasteiger partial charge in [0.2, 0.25) is 0 Å². The normalized spacial score (nSPS) is 34.4. The van der Waals surface area contributed by atoms with Crippen LogP contribution in [0, 0.1) is 5.92 Å². The fraction of sp³-hybridized carbons (Fsp3) is 0.478. The Balaban J connectivity index is 1.81. The molecule has 2 aromatic rings. The molecular weight excluding hydrogens is 354 g/mol. The largest absolute Gasteiger partial charge is 0.478 e. The predicted molar refractivity (Wildman–Crippen MR) is 105 cm³/mol. The van der Waals surface area contributed by atoms with Crippen LogP contribution in [0.5, 0.6) is 0 Å². The van der Waals surface area contributed by atoms with Gasteiger partial charge in [0.1, 0.15) is 5.60 Å². The van der Waals surface area contributed by atoms with Crippen LogP contribution >= 0.6 is 0 Å². The van der Waals surface area contributed by atoms with Crippen molar-refractivity contribution in [3.8, 4) is 0 Å². The lowest BCUT2D eigenvalue weighted by atomic mass is 9.49. The maximum Gasteiger partial charge on any atom is 0.335 e. The number of rotatable bonds is 3. The zero-order valence-corrected chi connectivity index (χ0v) is 16.4. The third kappa shape index (κ3) is 2.60. The number of pyridine rings is 1. The summed E-state index contributed by atoms with van der Waals surface area (Å²) in [5.41, 5.74) is -0.0523. The van der Waals surface area contributed by atoms with Crippen molar-refractivity contribution < 1.29 is 20.1 Å². The minimum atomic E-state index is -1.41. The van der Waals surface area contributed by atoms with Crippen LogP contribution in [0.2, 0.25) is 0 Å². The second kappa shape index (κ2) is 6.39. The van der Waals surface area contributed by atoms with Crippen molar-refractivity contribution >= 4 is 5.97 Å². The van der Waals surface area contributed by atoms with E-state index in [9.17, 15) is 20.1 Å². The van der Waals surface area contributed by atoms with Crippen LogP contribution in [0.1, 0.15) is 66.7 Å². The first-order chi connectivity index (χ1) is 13.2. The molecular formula is C23H27NO4. The molecule has 0 saturated heterocycles. The lowest BCUT2D eigenvalue weighted by molar-refractivity contribution is -0.207. The van der Waals surface area contributed by atoms with Crippen LogP contribution in [0.3, 0.4) is 0 Å². The van der Waals surface area contributed by atoms with Crippen molar-refractivity contribution in [2.75, 3.05) is 0 Å². The number of carboxylic acids is 1. The Bertz CT molecular complexity index is 910. The average Bonchev–Trinajstić information content (AvgIpc) is 2.69. The van der Waals surface area contributed by atoms with Gasteiger partial charge >= 0.3 is 5.97 Å². The second-order valence-corrected chi connectivity index (χ2v) is 8.65. The molecule has 3 N–H and O–H groups in total. The van der Waals surface area contributed by atoms with E-state index >= 15 is 0 Å². The molecule has 0 bridgehead atoms. The molecule has 0 aliphatic heterocycles. The van der Waals surface area contributed by atoms with Gasteiger partial charge in [-0.3, -0.25) is 4.98 Å². The molecule has 2 aliphatic carbocycles. The molecule has 3 unspecified atom stereocenters. The van der Waals surface area contributed by atoms with Crippen LogP contribution in [0.4, 0.5) is 0 Å². The van der Waals surface area contributed by atoms with Gasteiger partial charge in [0, 0.05) is 11.6 Å². The van der Waals surface area contributed by atoms with E-state index in [1.165, 1.54) is 0 Å². The van der Waals surface area contributed by atoms with Crippen molar-refractivity contribution in [3.63, 3.8) is 0 Å². The topological polar surface area (TPSA) is 90.7 Å². The number of carbonyl (C=O) groups is 1. The van der Waals surface area contributed by atoms with Gasteiger partial charge in [0.15, 0.2) is 0 Å². The van der Waals surface area contributed by atoms with Crippen LogP contribution < -0.4 is 0 Å². The molecule has 148 valence electrons. The molecule has 4 rings (SSSR count). The van der Waals surface area contributed by atoms with Gasteiger partial charge in [-0.25, -0.2) is 4.79 Å². The number of aromatic carboxylic acids is 1. The zero-order chi connectivity index (χ0) is 20.2. The average molecular weight is 381 g/mol. The molecule has 1 aromatic carbocycles. The van der Waals surface area contributed by atoms with E-state index in [0.717, 1.165) is 30.4 Å². The summed E-state index contributed by atoms with van der Waals surface area (Å²) in [5, 5.41) is 32.4. The quantitative estimate of drug-likeness (QED) is 0.758. The minimum absolute atomic E-state index is 0.188. The summed E-state index contributed by atoms with van der Waals surface area (Å²) in [7, 11) is 0. The summed E-state index contributed by atoms with van der Waals surface area (Å²) < 4.78 is 0. The SMILES string of the molecule is CCC12CC(C)(O)C(O)(c3ccccn3)C[C@H]1CCc1cc(C(=O)O)ccc12. The Labute approximate surface area is 165 Å². The molecule has 0 amide bonds. The van der Waals surface area contributed by atoms with Gasteiger partial charge in [-0.15, -0.1) is 0 Å².